The van der Waals surface area contributed by atoms with Crippen LogP contribution in [0.2, 0.25) is 0 Å². The monoisotopic (exact) mass is 331 g/mol. The van der Waals surface area contributed by atoms with Crippen LogP contribution in [0.5, 0.6) is 0 Å². The average molecular weight is 331 g/mol. The summed E-state index contributed by atoms with van der Waals surface area (Å²) in [5.41, 5.74) is 2.17. The summed E-state index contributed by atoms with van der Waals surface area (Å²) in [6.07, 6.45) is 0.824. The normalized spacial score (nSPS) is 10.4. The number of carbonyl (C=O) groups excluding carboxylic acids is 2. The topological polar surface area (TPSA) is 46.2 Å². The molecule has 0 fully saturated rings. The minimum Gasteiger partial charge on any atom is -0.325 e. The van der Waals surface area contributed by atoms with E-state index in [2.05, 4.69) is 5.32 Å². The summed E-state index contributed by atoms with van der Waals surface area (Å²) in [5.74, 6) is -0.751. The van der Waals surface area contributed by atoms with Crippen LogP contribution in [0.3, 0.4) is 0 Å². The van der Waals surface area contributed by atoms with Crippen LogP contribution in [-0.2, 0) is 11.2 Å². The zero-order chi connectivity index (χ0) is 16.8. The Balaban J connectivity index is 1.98. The van der Waals surface area contributed by atoms with E-state index in [9.17, 15) is 14.0 Å². The summed E-state index contributed by atoms with van der Waals surface area (Å²) in [7, 11) is 0. The number of anilines is 1. The molecule has 0 atom stereocenters. The van der Waals surface area contributed by atoms with Crippen molar-refractivity contribution in [3.05, 3.63) is 59.4 Å². The maximum atomic E-state index is 13.9. The van der Waals surface area contributed by atoms with E-state index < -0.39 is 5.82 Å². The molecule has 0 spiro atoms. The molecular formula is C18H18FNO2S. The van der Waals surface area contributed by atoms with Gasteiger partial charge < -0.3 is 5.32 Å². The number of amides is 1. The predicted octanol–water partition coefficient (Wildman–Crippen LogP) is 4.32. The SMILES string of the molecule is CCc1ccccc1NC(=O)CSc1ccc(C(C)=O)cc1F. The van der Waals surface area contributed by atoms with E-state index in [4.69, 9.17) is 0 Å². The van der Waals surface area contributed by atoms with Gasteiger partial charge in [0.05, 0.1) is 5.75 Å². The lowest BCUT2D eigenvalue weighted by Gasteiger charge is -2.10. The second-order valence-corrected chi connectivity index (χ2v) is 6.07. The van der Waals surface area contributed by atoms with Crippen LogP contribution >= 0.6 is 11.8 Å². The fourth-order valence-electron chi connectivity index (χ4n) is 2.12. The van der Waals surface area contributed by atoms with E-state index in [0.29, 0.717) is 10.5 Å². The molecule has 0 unspecified atom stereocenters. The van der Waals surface area contributed by atoms with Gasteiger partial charge in [0.1, 0.15) is 5.82 Å². The molecule has 23 heavy (non-hydrogen) atoms. The van der Waals surface area contributed by atoms with E-state index in [-0.39, 0.29) is 17.4 Å². The summed E-state index contributed by atoms with van der Waals surface area (Å²) in [6, 6.07) is 11.9. The molecule has 0 aromatic heterocycles. The molecule has 0 saturated heterocycles. The Morgan fingerprint density at radius 2 is 1.91 bits per heavy atom. The van der Waals surface area contributed by atoms with Gasteiger partial charge >= 0.3 is 0 Å². The molecule has 0 bridgehead atoms. The first-order valence-electron chi connectivity index (χ1n) is 7.32. The predicted molar refractivity (Wildman–Crippen MR) is 91.6 cm³/mol. The molecular weight excluding hydrogens is 313 g/mol. The van der Waals surface area contributed by atoms with Crippen molar-refractivity contribution in [2.75, 3.05) is 11.1 Å². The Hall–Kier alpha value is -2.14. The molecule has 2 aromatic carbocycles. The summed E-state index contributed by atoms with van der Waals surface area (Å²) in [6.45, 7) is 3.41. The molecule has 0 aliphatic carbocycles. The first-order valence-corrected chi connectivity index (χ1v) is 8.31. The number of carbonyl (C=O) groups is 2. The highest BCUT2D eigenvalue weighted by Crippen LogP contribution is 2.23. The Morgan fingerprint density at radius 3 is 2.57 bits per heavy atom. The summed E-state index contributed by atoms with van der Waals surface area (Å²) < 4.78 is 13.9. The number of thioether (sulfide) groups is 1. The Morgan fingerprint density at radius 1 is 1.17 bits per heavy atom. The van der Waals surface area contributed by atoms with Crippen molar-refractivity contribution < 1.29 is 14.0 Å². The van der Waals surface area contributed by atoms with Crippen molar-refractivity contribution in [1.82, 2.24) is 0 Å². The molecule has 0 aliphatic rings. The third kappa shape index (κ3) is 4.66. The largest absolute Gasteiger partial charge is 0.325 e. The van der Waals surface area contributed by atoms with Gasteiger partial charge in [-0.05, 0) is 37.1 Å². The Kier molecular flexibility index (Phi) is 5.93. The van der Waals surface area contributed by atoms with Gasteiger partial charge in [-0.3, -0.25) is 9.59 Å². The van der Waals surface area contributed by atoms with Crippen LogP contribution in [0.1, 0.15) is 29.8 Å². The second kappa shape index (κ2) is 7.92. The fourth-order valence-corrected chi connectivity index (χ4v) is 2.84. The standard InChI is InChI=1S/C18H18FNO2S/c1-3-13-6-4-5-7-16(13)20-18(22)11-23-17-9-8-14(12(2)21)10-15(17)19/h4-10H,3,11H2,1-2H3,(H,20,22). The molecule has 2 rings (SSSR count). The van der Waals surface area contributed by atoms with Gasteiger partial charge in [-0.15, -0.1) is 11.8 Å². The van der Waals surface area contributed by atoms with Crippen molar-refractivity contribution in [3.63, 3.8) is 0 Å². The number of aryl methyl sites for hydroxylation is 1. The highest BCUT2D eigenvalue weighted by atomic mass is 32.2. The van der Waals surface area contributed by atoms with Gasteiger partial charge in [0.15, 0.2) is 5.78 Å². The van der Waals surface area contributed by atoms with Gasteiger partial charge in [0.2, 0.25) is 5.91 Å². The molecule has 1 amide bonds. The second-order valence-electron chi connectivity index (χ2n) is 5.05. The first-order chi connectivity index (χ1) is 11.0. The van der Waals surface area contributed by atoms with Crippen LogP contribution in [0, 0.1) is 5.82 Å². The summed E-state index contributed by atoms with van der Waals surface area (Å²) in [5, 5.41) is 2.84. The van der Waals surface area contributed by atoms with E-state index in [1.54, 1.807) is 6.07 Å². The minimum absolute atomic E-state index is 0.106. The van der Waals surface area contributed by atoms with Crippen molar-refractivity contribution >= 4 is 29.1 Å². The molecule has 0 radical (unpaired) electrons. The van der Waals surface area contributed by atoms with Crippen molar-refractivity contribution in [2.24, 2.45) is 0 Å². The van der Waals surface area contributed by atoms with E-state index in [0.717, 1.165) is 29.4 Å². The molecule has 5 heteroatoms. The Bertz CT molecular complexity index is 731. The number of hydrogen-bond donors (Lipinski definition) is 1. The number of nitrogens with one attached hydrogen (secondary N) is 1. The lowest BCUT2D eigenvalue weighted by atomic mass is 10.1. The van der Waals surface area contributed by atoms with E-state index >= 15 is 0 Å². The minimum atomic E-state index is -0.482. The highest BCUT2D eigenvalue weighted by Gasteiger charge is 2.10. The number of halogens is 1. The molecule has 2 aromatic rings. The van der Waals surface area contributed by atoms with Crippen LogP contribution < -0.4 is 5.32 Å². The quantitative estimate of drug-likeness (QED) is 0.633. The van der Waals surface area contributed by atoms with E-state index in [1.807, 2.05) is 31.2 Å². The number of benzene rings is 2. The average Bonchev–Trinajstić information content (AvgIpc) is 2.54. The molecule has 0 saturated carbocycles. The maximum Gasteiger partial charge on any atom is 0.234 e. The van der Waals surface area contributed by atoms with Gasteiger partial charge in [0, 0.05) is 16.1 Å². The summed E-state index contributed by atoms with van der Waals surface area (Å²) in [4.78, 5) is 23.6. The molecule has 120 valence electrons. The lowest BCUT2D eigenvalue weighted by Crippen LogP contribution is -2.15. The zero-order valence-corrected chi connectivity index (χ0v) is 13.9. The fraction of sp³-hybridized carbons (Fsp3) is 0.222. The molecule has 0 heterocycles. The maximum absolute atomic E-state index is 13.9. The van der Waals surface area contributed by atoms with Gasteiger partial charge in [-0.25, -0.2) is 4.39 Å². The van der Waals surface area contributed by atoms with Crippen molar-refractivity contribution in [1.29, 1.82) is 0 Å². The number of para-hydroxylation sites is 1. The number of hydrogen-bond acceptors (Lipinski definition) is 3. The summed E-state index contributed by atoms with van der Waals surface area (Å²) >= 11 is 1.11. The number of rotatable bonds is 6. The van der Waals surface area contributed by atoms with E-state index in [1.165, 1.54) is 19.1 Å². The smallest absolute Gasteiger partial charge is 0.234 e. The van der Waals surface area contributed by atoms with Crippen molar-refractivity contribution in [2.45, 2.75) is 25.2 Å². The lowest BCUT2D eigenvalue weighted by molar-refractivity contribution is -0.113. The highest BCUT2D eigenvalue weighted by molar-refractivity contribution is 8.00. The number of Topliss-reactive ketones (excluding diaryl/α,β-unsaturated/α-hetero) is 1. The van der Waals surface area contributed by atoms with Crippen LogP contribution in [0.4, 0.5) is 10.1 Å². The first kappa shape index (κ1) is 17.2. The Labute approximate surface area is 139 Å². The van der Waals surface area contributed by atoms with Crippen LogP contribution in [-0.4, -0.2) is 17.4 Å². The third-order valence-electron chi connectivity index (χ3n) is 3.37. The number of ketones is 1. The zero-order valence-electron chi connectivity index (χ0n) is 13.1. The van der Waals surface area contributed by atoms with Crippen LogP contribution in [0.25, 0.3) is 0 Å². The van der Waals surface area contributed by atoms with Crippen molar-refractivity contribution in [3.8, 4) is 0 Å². The van der Waals surface area contributed by atoms with Gasteiger partial charge in [-0.1, -0.05) is 31.2 Å². The molecule has 0 aliphatic heterocycles. The molecule has 3 nitrogen and oxygen atoms in total. The third-order valence-corrected chi connectivity index (χ3v) is 4.42. The van der Waals surface area contributed by atoms with Crippen LogP contribution in [0.15, 0.2) is 47.4 Å². The van der Waals surface area contributed by atoms with Gasteiger partial charge in [-0.2, -0.15) is 0 Å². The molecule has 1 N–H and O–H groups in total. The van der Waals surface area contributed by atoms with Gasteiger partial charge in [0.25, 0.3) is 0 Å².